The molecule has 0 spiro atoms. The molecule has 110 valence electrons. The molecule has 0 saturated heterocycles. The van der Waals surface area contributed by atoms with Crippen molar-refractivity contribution in [1.82, 2.24) is 15.3 Å². The quantitative estimate of drug-likeness (QED) is 0.414. The van der Waals surface area contributed by atoms with Crippen LogP contribution in [0.15, 0.2) is 6.07 Å². The Bertz CT molecular complexity index is 460. The van der Waals surface area contributed by atoms with Gasteiger partial charge >= 0.3 is 0 Å². The maximum Gasteiger partial charge on any atom is 0.221 e. The van der Waals surface area contributed by atoms with Gasteiger partial charge in [-0.25, -0.2) is 15.8 Å². The standard InChI is InChI=1S/C13H22N6O/c1-2-3-10-17-11(8-12(18-10)19-14)15-7-6-13(20)16-9-4-5-9/h8-9H,2-7,14H2,1H3,(H,16,20)(H2,15,17,18,19). The number of aryl methyl sites for hydroxylation is 1. The van der Waals surface area contributed by atoms with Crippen LogP contribution in [0.3, 0.4) is 0 Å². The highest BCUT2D eigenvalue weighted by Gasteiger charge is 2.22. The largest absolute Gasteiger partial charge is 0.369 e. The van der Waals surface area contributed by atoms with Crippen molar-refractivity contribution in [3.63, 3.8) is 0 Å². The molecule has 1 aromatic heterocycles. The molecule has 1 fully saturated rings. The molecule has 1 aliphatic rings. The van der Waals surface area contributed by atoms with E-state index >= 15 is 0 Å². The van der Waals surface area contributed by atoms with Crippen LogP contribution < -0.4 is 21.9 Å². The molecule has 1 aliphatic carbocycles. The van der Waals surface area contributed by atoms with E-state index in [4.69, 9.17) is 5.84 Å². The van der Waals surface area contributed by atoms with Gasteiger partial charge in [0, 0.05) is 31.5 Å². The van der Waals surface area contributed by atoms with Crippen LogP contribution in [0.25, 0.3) is 0 Å². The van der Waals surface area contributed by atoms with Crippen molar-refractivity contribution in [2.45, 2.75) is 45.1 Å². The molecule has 0 aliphatic heterocycles. The van der Waals surface area contributed by atoms with Crippen LogP contribution in [0.1, 0.15) is 38.4 Å². The highest BCUT2D eigenvalue weighted by Crippen LogP contribution is 2.18. The molecule has 7 heteroatoms. The molecule has 0 aromatic carbocycles. The molecule has 7 nitrogen and oxygen atoms in total. The van der Waals surface area contributed by atoms with Crippen molar-refractivity contribution in [2.75, 3.05) is 17.3 Å². The van der Waals surface area contributed by atoms with E-state index in [1.54, 1.807) is 6.07 Å². The van der Waals surface area contributed by atoms with Crippen LogP contribution in [0.4, 0.5) is 11.6 Å². The number of hydrogen-bond acceptors (Lipinski definition) is 6. The predicted molar refractivity (Wildman–Crippen MR) is 78.1 cm³/mol. The number of aromatic nitrogens is 2. The second kappa shape index (κ2) is 7.04. The average molecular weight is 278 g/mol. The van der Waals surface area contributed by atoms with Gasteiger partial charge in [-0.2, -0.15) is 0 Å². The fourth-order valence-electron chi connectivity index (χ4n) is 1.83. The molecule has 5 N–H and O–H groups in total. The first-order valence-corrected chi connectivity index (χ1v) is 7.09. The third-order valence-electron chi connectivity index (χ3n) is 2.99. The van der Waals surface area contributed by atoms with E-state index in [2.05, 4.69) is 33.0 Å². The Labute approximate surface area is 118 Å². The monoisotopic (exact) mass is 278 g/mol. The van der Waals surface area contributed by atoms with Crippen molar-refractivity contribution in [2.24, 2.45) is 5.84 Å². The predicted octanol–water partition coefficient (Wildman–Crippen LogP) is 0.795. The van der Waals surface area contributed by atoms with Gasteiger partial charge in [-0.1, -0.05) is 6.92 Å². The average Bonchev–Trinajstić information content (AvgIpc) is 3.22. The van der Waals surface area contributed by atoms with E-state index in [1.807, 2.05) is 0 Å². The Morgan fingerprint density at radius 3 is 2.80 bits per heavy atom. The molecule has 1 amide bonds. The summed E-state index contributed by atoms with van der Waals surface area (Å²) in [6.07, 6.45) is 4.42. The van der Waals surface area contributed by atoms with Crippen LogP contribution in [0, 0.1) is 0 Å². The summed E-state index contributed by atoms with van der Waals surface area (Å²) < 4.78 is 0. The number of nitrogens with two attached hydrogens (primary N) is 1. The lowest BCUT2D eigenvalue weighted by atomic mass is 10.3. The third kappa shape index (κ3) is 4.65. The minimum Gasteiger partial charge on any atom is -0.369 e. The summed E-state index contributed by atoms with van der Waals surface area (Å²) in [6.45, 7) is 2.62. The Morgan fingerprint density at radius 2 is 2.15 bits per heavy atom. The lowest BCUT2D eigenvalue weighted by Crippen LogP contribution is -2.27. The third-order valence-corrected chi connectivity index (χ3v) is 2.99. The molecule has 0 bridgehead atoms. The molecular formula is C13H22N6O. The van der Waals surface area contributed by atoms with Crippen molar-refractivity contribution >= 4 is 17.5 Å². The van der Waals surface area contributed by atoms with E-state index in [0.29, 0.717) is 30.6 Å². The molecule has 0 unspecified atom stereocenters. The normalized spacial score (nSPS) is 13.9. The van der Waals surface area contributed by atoms with E-state index in [1.165, 1.54) is 0 Å². The van der Waals surface area contributed by atoms with Gasteiger partial charge in [0.1, 0.15) is 17.5 Å². The van der Waals surface area contributed by atoms with Crippen LogP contribution >= 0.6 is 0 Å². The lowest BCUT2D eigenvalue weighted by Gasteiger charge is -2.09. The van der Waals surface area contributed by atoms with Crippen molar-refractivity contribution in [1.29, 1.82) is 0 Å². The van der Waals surface area contributed by atoms with Crippen molar-refractivity contribution in [3.05, 3.63) is 11.9 Å². The molecule has 0 radical (unpaired) electrons. The summed E-state index contributed by atoms with van der Waals surface area (Å²) in [4.78, 5) is 20.2. The first-order valence-electron chi connectivity index (χ1n) is 7.09. The minimum absolute atomic E-state index is 0.0833. The zero-order valence-electron chi connectivity index (χ0n) is 11.8. The Kier molecular flexibility index (Phi) is 5.11. The van der Waals surface area contributed by atoms with Gasteiger partial charge in [-0.3, -0.25) is 4.79 Å². The zero-order valence-corrected chi connectivity index (χ0v) is 11.8. The van der Waals surface area contributed by atoms with Gasteiger partial charge in [0.25, 0.3) is 0 Å². The van der Waals surface area contributed by atoms with Gasteiger partial charge in [0.15, 0.2) is 0 Å². The number of nitrogen functional groups attached to an aromatic ring is 1. The Hall–Kier alpha value is -1.89. The smallest absolute Gasteiger partial charge is 0.221 e. The summed E-state index contributed by atoms with van der Waals surface area (Å²) in [5.74, 6) is 7.48. The summed E-state index contributed by atoms with van der Waals surface area (Å²) in [5.41, 5.74) is 2.53. The van der Waals surface area contributed by atoms with Crippen molar-refractivity contribution < 1.29 is 4.79 Å². The first kappa shape index (κ1) is 14.5. The number of hydrogen-bond donors (Lipinski definition) is 4. The van der Waals surface area contributed by atoms with Crippen LogP contribution in [-0.4, -0.2) is 28.5 Å². The molecular weight excluding hydrogens is 256 g/mol. The number of rotatable bonds is 8. The van der Waals surface area contributed by atoms with Crippen LogP contribution in [-0.2, 0) is 11.2 Å². The summed E-state index contributed by atoms with van der Waals surface area (Å²) in [6, 6.07) is 2.14. The number of nitrogens with zero attached hydrogens (tertiary/aromatic N) is 2. The van der Waals surface area contributed by atoms with Gasteiger partial charge in [0.2, 0.25) is 5.91 Å². The Morgan fingerprint density at radius 1 is 1.40 bits per heavy atom. The van der Waals surface area contributed by atoms with Crippen LogP contribution in [0.5, 0.6) is 0 Å². The summed E-state index contributed by atoms with van der Waals surface area (Å²) in [7, 11) is 0. The fraction of sp³-hybridized carbons (Fsp3) is 0.615. The summed E-state index contributed by atoms with van der Waals surface area (Å²) >= 11 is 0. The maximum absolute atomic E-state index is 11.6. The topological polar surface area (TPSA) is 105 Å². The van der Waals surface area contributed by atoms with E-state index < -0.39 is 0 Å². The highest BCUT2D eigenvalue weighted by atomic mass is 16.1. The second-order valence-electron chi connectivity index (χ2n) is 4.97. The van der Waals surface area contributed by atoms with Gasteiger partial charge in [0.05, 0.1) is 0 Å². The maximum atomic E-state index is 11.6. The number of hydrazine groups is 1. The molecule has 1 heterocycles. The number of nitrogens with one attached hydrogen (secondary N) is 3. The van der Waals surface area contributed by atoms with Crippen LogP contribution in [0.2, 0.25) is 0 Å². The highest BCUT2D eigenvalue weighted by molar-refractivity contribution is 5.77. The van der Waals surface area contributed by atoms with E-state index in [-0.39, 0.29) is 5.91 Å². The first-order chi connectivity index (χ1) is 9.71. The van der Waals surface area contributed by atoms with E-state index in [0.717, 1.165) is 31.5 Å². The summed E-state index contributed by atoms with van der Waals surface area (Å²) in [5, 5.41) is 6.09. The van der Waals surface area contributed by atoms with Crippen molar-refractivity contribution in [3.8, 4) is 0 Å². The molecule has 1 saturated carbocycles. The molecule has 0 atom stereocenters. The molecule has 2 rings (SSSR count). The SMILES string of the molecule is CCCc1nc(NN)cc(NCCC(=O)NC2CC2)n1. The molecule has 20 heavy (non-hydrogen) atoms. The van der Waals surface area contributed by atoms with E-state index in [9.17, 15) is 4.79 Å². The number of carbonyl (C=O) groups is 1. The van der Waals surface area contributed by atoms with Gasteiger partial charge in [-0.15, -0.1) is 0 Å². The second-order valence-corrected chi connectivity index (χ2v) is 4.97. The molecule has 1 aromatic rings. The van der Waals surface area contributed by atoms with Gasteiger partial charge in [-0.05, 0) is 19.3 Å². The zero-order chi connectivity index (χ0) is 14.4. The fourth-order valence-corrected chi connectivity index (χ4v) is 1.83. The van der Waals surface area contributed by atoms with Gasteiger partial charge < -0.3 is 16.1 Å². The number of anilines is 2. The number of carbonyl (C=O) groups excluding carboxylic acids is 1. The number of amides is 1. The Balaban J connectivity index is 1.83. The minimum atomic E-state index is 0.0833. The lowest BCUT2D eigenvalue weighted by molar-refractivity contribution is -0.120.